The van der Waals surface area contributed by atoms with Gasteiger partial charge in [-0.2, -0.15) is 15.0 Å². The van der Waals surface area contributed by atoms with Crippen LogP contribution in [0.5, 0.6) is 0 Å². The summed E-state index contributed by atoms with van der Waals surface area (Å²) in [6.45, 7) is 0.844. The summed E-state index contributed by atoms with van der Waals surface area (Å²) in [4.78, 5) is 21.5. The average Bonchev–Trinajstić information content (AvgIpc) is 3.04. The van der Waals surface area contributed by atoms with Gasteiger partial charge < -0.3 is 5.11 Å². The molecule has 3 heterocycles. The monoisotopic (exact) mass is 337 g/mol. The quantitative estimate of drug-likeness (QED) is 0.786. The van der Waals surface area contributed by atoms with Crippen LogP contribution in [0.1, 0.15) is 42.5 Å². The Morgan fingerprint density at radius 3 is 2.64 bits per heavy atom. The van der Waals surface area contributed by atoms with Gasteiger partial charge in [0.15, 0.2) is 0 Å². The number of pyridine rings is 2. The van der Waals surface area contributed by atoms with Crippen molar-refractivity contribution in [3.63, 3.8) is 0 Å². The number of aromatic carboxylic acids is 1. The summed E-state index contributed by atoms with van der Waals surface area (Å²) < 4.78 is 0. The molecule has 0 bridgehead atoms. The maximum atomic E-state index is 11.1. The van der Waals surface area contributed by atoms with E-state index in [-0.39, 0.29) is 5.56 Å². The van der Waals surface area contributed by atoms with Gasteiger partial charge in [0.05, 0.1) is 29.7 Å². The van der Waals surface area contributed by atoms with Gasteiger partial charge in [0, 0.05) is 6.20 Å². The molecule has 1 saturated carbocycles. The third-order valence-electron chi connectivity index (χ3n) is 4.72. The van der Waals surface area contributed by atoms with E-state index < -0.39 is 5.97 Å². The molecule has 3 aromatic heterocycles. The smallest absolute Gasteiger partial charge is 0.335 e. The molecule has 0 radical (unpaired) electrons. The highest BCUT2D eigenvalue weighted by molar-refractivity contribution is 5.89. The molecule has 25 heavy (non-hydrogen) atoms. The van der Waals surface area contributed by atoms with Crippen molar-refractivity contribution in [2.45, 2.75) is 38.6 Å². The van der Waals surface area contributed by atoms with Crippen LogP contribution in [0.15, 0.2) is 30.6 Å². The number of nitrogens with zero attached hydrogens (tertiary/aromatic N) is 5. The van der Waals surface area contributed by atoms with Crippen molar-refractivity contribution in [2.75, 3.05) is 0 Å². The van der Waals surface area contributed by atoms with Gasteiger partial charge in [-0.1, -0.05) is 19.3 Å². The number of fused-ring (bicyclic) bond motifs is 1. The number of rotatable bonds is 4. The Bertz CT molecular complexity index is 915. The number of carboxylic acid groups (broad SMARTS) is 1. The van der Waals surface area contributed by atoms with Crippen LogP contribution in [0.25, 0.3) is 22.4 Å². The fourth-order valence-electron chi connectivity index (χ4n) is 3.39. The van der Waals surface area contributed by atoms with Crippen molar-refractivity contribution in [2.24, 2.45) is 5.92 Å². The number of hydrogen-bond acceptors (Lipinski definition) is 5. The Morgan fingerprint density at radius 1 is 1.08 bits per heavy atom. The van der Waals surface area contributed by atoms with Crippen molar-refractivity contribution in [1.29, 1.82) is 0 Å². The molecule has 0 aliphatic heterocycles. The summed E-state index contributed by atoms with van der Waals surface area (Å²) in [5.74, 6) is -0.333. The second-order valence-electron chi connectivity index (χ2n) is 6.55. The van der Waals surface area contributed by atoms with Gasteiger partial charge in [-0.05, 0) is 37.0 Å². The van der Waals surface area contributed by atoms with Crippen LogP contribution in [-0.2, 0) is 6.54 Å². The SMILES string of the molecule is O=C(O)c1ccnc(-c2cc3nn(CC4CCCCC4)nc3cn2)c1. The molecule has 0 unspecified atom stereocenters. The molecule has 7 nitrogen and oxygen atoms in total. The average molecular weight is 337 g/mol. The van der Waals surface area contributed by atoms with E-state index in [1.165, 1.54) is 50.4 Å². The minimum atomic E-state index is -0.983. The van der Waals surface area contributed by atoms with Crippen LogP contribution in [0.3, 0.4) is 0 Å². The highest BCUT2D eigenvalue weighted by atomic mass is 16.4. The molecule has 0 spiro atoms. The van der Waals surface area contributed by atoms with Crippen molar-refractivity contribution in [1.82, 2.24) is 25.0 Å². The van der Waals surface area contributed by atoms with E-state index in [1.54, 1.807) is 11.0 Å². The van der Waals surface area contributed by atoms with Gasteiger partial charge in [0.1, 0.15) is 11.0 Å². The molecule has 0 aromatic carbocycles. The molecule has 0 amide bonds. The molecule has 128 valence electrons. The van der Waals surface area contributed by atoms with Crippen molar-refractivity contribution in [3.8, 4) is 11.4 Å². The van der Waals surface area contributed by atoms with Crippen LogP contribution >= 0.6 is 0 Å². The standard InChI is InChI=1S/C18H19N5O2/c24-18(25)13-6-7-19-14(8-13)15-9-16-17(10-20-15)22-23(21-16)11-12-4-2-1-3-5-12/h6-10,12H,1-5,11H2,(H,24,25). The molecule has 0 saturated heterocycles. The van der Waals surface area contributed by atoms with Gasteiger partial charge >= 0.3 is 5.97 Å². The molecule has 7 heteroatoms. The summed E-state index contributed by atoms with van der Waals surface area (Å²) in [5.41, 5.74) is 2.80. The predicted molar refractivity (Wildman–Crippen MR) is 92.1 cm³/mol. The Hall–Kier alpha value is -2.83. The third-order valence-corrected chi connectivity index (χ3v) is 4.72. The molecule has 4 rings (SSSR count). The van der Waals surface area contributed by atoms with Crippen LogP contribution in [-0.4, -0.2) is 36.0 Å². The fraction of sp³-hybridized carbons (Fsp3) is 0.389. The van der Waals surface area contributed by atoms with Gasteiger partial charge in [-0.25, -0.2) is 4.79 Å². The van der Waals surface area contributed by atoms with E-state index in [9.17, 15) is 4.79 Å². The Morgan fingerprint density at radius 2 is 1.84 bits per heavy atom. The number of carboxylic acids is 1. The zero-order valence-corrected chi connectivity index (χ0v) is 13.8. The maximum absolute atomic E-state index is 11.1. The summed E-state index contributed by atoms with van der Waals surface area (Å²) in [6.07, 6.45) is 9.56. The van der Waals surface area contributed by atoms with E-state index in [1.807, 2.05) is 6.07 Å². The van der Waals surface area contributed by atoms with Gasteiger partial charge in [0.2, 0.25) is 0 Å². The summed E-state index contributed by atoms with van der Waals surface area (Å²) >= 11 is 0. The normalized spacial score (nSPS) is 15.5. The highest BCUT2D eigenvalue weighted by Gasteiger charge is 2.16. The molecule has 3 aromatic rings. The first-order chi connectivity index (χ1) is 12.2. The molecule has 0 atom stereocenters. The summed E-state index contributed by atoms with van der Waals surface area (Å²) in [5, 5.41) is 18.2. The lowest BCUT2D eigenvalue weighted by Gasteiger charge is -2.20. The highest BCUT2D eigenvalue weighted by Crippen LogP contribution is 2.25. The summed E-state index contributed by atoms with van der Waals surface area (Å²) in [6, 6.07) is 4.79. The molecule has 1 N–H and O–H groups in total. The molecule has 1 aliphatic carbocycles. The van der Waals surface area contributed by atoms with Crippen LogP contribution in [0, 0.1) is 5.92 Å². The minimum Gasteiger partial charge on any atom is -0.478 e. The fourth-order valence-corrected chi connectivity index (χ4v) is 3.39. The Kier molecular flexibility index (Phi) is 4.13. The first kappa shape index (κ1) is 15.7. The van der Waals surface area contributed by atoms with Gasteiger partial charge in [-0.3, -0.25) is 9.97 Å². The number of hydrogen-bond donors (Lipinski definition) is 1. The Balaban J connectivity index is 1.61. The lowest BCUT2D eigenvalue weighted by atomic mass is 9.89. The minimum absolute atomic E-state index is 0.188. The molecule has 1 aliphatic rings. The van der Waals surface area contributed by atoms with Crippen molar-refractivity contribution in [3.05, 3.63) is 36.2 Å². The van der Waals surface area contributed by atoms with E-state index in [0.717, 1.165) is 17.6 Å². The van der Waals surface area contributed by atoms with Gasteiger partial charge in [-0.15, -0.1) is 0 Å². The topological polar surface area (TPSA) is 93.8 Å². The molecule has 1 fully saturated rings. The van der Waals surface area contributed by atoms with E-state index in [0.29, 0.717) is 17.3 Å². The molecular formula is C18H19N5O2. The lowest BCUT2D eigenvalue weighted by Crippen LogP contribution is -2.15. The lowest BCUT2D eigenvalue weighted by molar-refractivity contribution is 0.0697. The van der Waals surface area contributed by atoms with Crippen molar-refractivity contribution >= 4 is 17.0 Å². The van der Waals surface area contributed by atoms with Gasteiger partial charge in [0.25, 0.3) is 0 Å². The van der Waals surface area contributed by atoms with E-state index in [4.69, 9.17) is 5.11 Å². The number of carbonyl (C=O) groups is 1. The predicted octanol–water partition coefficient (Wildman–Crippen LogP) is 3.17. The second kappa shape index (κ2) is 6.58. The Labute approximate surface area is 144 Å². The second-order valence-corrected chi connectivity index (χ2v) is 6.55. The summed E-state index contributed by atoms with van der Waals surface area (Å²) in [7, 11) is 0. The first-order valence-electron chi connectivity index (χ1n) is 8.59. The van der Waals surface area contributed by atoms with Crippen LogP contribution in [0.2, 0.25) is 0 Å². The van der Waals surface area contributed by atoms with Crippen LogP contribution < -0.4 is 0 Å². The maximum Gasteiger partial charge on any atom is 0.335 e. The van der Waals surface area contributed by atoms with E-state index >= 15 is 0 Å². The van der Waals surface area contributed by atoms with Crippen LogP contribution in [0.4, 0.5) is 0 Å². The first-order valence-corrected chi connectivity index (χ1v) is 8.59. The molecular weight excluding hydrogens is 318 g/mol. The third kappa shape index (κ3) is 3.35. The zero-order chi connectivity index (χ0) is 17.2. The van der Waals surface area contributed by atoms with Crippen molar-refractivity contribution < 1.29 is 9.90 Å². The number of aromatic nitrogens is 5. The largest absolute Gasteiger partial charge is 0.478 e. The van der Waals surface area contributed by atoms with E-state index in [2.05, 4.69) is 20.2 Å². The zero-order valence-electron chi connectivity index (χ0n) is 13.8.